The molecular weight excluding hydrogens is 500 g/mol. The minimum Gasteiger partial charge on any atom is -0.325 e. The number of hydrogen-bond donors (Lipinski definition) is 1. The monoisotopic (exact) mass is 510 g/mol. The first-order chi connectivity index (χ1) is 12.5. The van der Waals surface area contributed by atoms with E-state index in [0.29, 0.717) is 15.0 Å². The van der Waals surface area contributed by atoms with Gasteiger partial charge < -0.3 is 5.32 Å². The lowest BCUT2D eigenvalue weighted by molar-refractivity contribution is -0.114. The second-order valence-corrected chi connectivity index (χ2v) is 9.13. The molecule has 2 aromatic rings. The Morgan fingerprint density at radius 1 is 1.15 bits per heavy atom. The smallest absolute Gasteiger partial charge is 0.285 e. The zero-order valence-electron chi connectivity index (χ0n) is 13.2. The van der Waals surface area contributed by atoms with E-state index in [9.17, 15) is 9.59 Å². The van der Waals surface area contributed by atoms with Gasteiger partial charge in [-0.05, 0) is 61.7 Å². The van der Waals surface area contributed by atoms with E-state index >= 15 is 0 Å². The molecule has 0 saturated heterocycles. The van der Waals surface area contributed by atoms with Crippen molar-refractivity contribution < 1.29 is 9.59 Å². The first-order valence-electron chi connectivity index (χ1n) is 7.46. The Kier molecular flexibility index (Phi) is 6.74. The minimum absolute atomic E-state index is 0.152. The molecular formula is C18H12Br2N2O2S2. The van der Waals surface area contributed by atoms with Crippen LogP contribution in [0.5, 0.6) is 0 Å². The summed E-state index contributed by atoms with van der Waals surface area (Å²) < 4.78 is 2.36. The average Bonchev–Trinajstić information content (AvgIpc) is 2.97. The maximum Gasteiger partial charge on any atom is 0.285 e. The number of nitrogens with one attached hydrogen (secondary N) is 1. The van der Waals surface area contributed by atoms with Crippen molar-refractivity contribution in [3.05, 3.63) is 67.9 Å². The van der Waals surface area contributed by atoms with E-state index in [1.165, 1.54) is 23.5 Å². The fourth-order valence-electron chi connectivity index (χ4n) is 2.05. The van der Waals surface area contributed by atoms with Gasteiger partial charge in [-0.2, -0.15) is 4.99 Å². The summed E-state index contributed by atoms with van der Waals surface area (Å²) in [7, 11) is 0. The van der Waals surface area contributed by atoms with Crippen molar-refractivity contribution in [3.8, 4) is 0 Å². The molecule has 132 valence electrons. The third-order valence-corrected chi connectivity index (χ3v) is 7.23. The van der Waals surface area contributed by atoms with E-state index < -0.39 is 0 Å². The highest BCUT2D eigenvalue weighted by Gasteiger charge is 2.22. The second kappa shape index (κ2) is 9.03. The molecule has 0 saturated carbocycles. The number of benzene rings is 2. The van der Waals surface area contributed by atoms with Crippen LogP contribution in [0.4, 0.5) is 5.69 Å². The van der Waals surface area contributed by atoms with Crippen molar-refractivity contribution in [3.63, 3.8) is 0 Å². The van der Waals surface area contributed by atoms with Crippen molar-refractivity contribution in [2.45, 2.75) is 0 Å². The van der Waals surface area contributed by atoms with Crippen molar-refractivity contribution in [2.24, 2.45) is 4.99 Å². The summed E-state index contributed by atoms with van der Waals surface area (Å²) >= 11 is 9.34. The number of thioether (sulfide) groups is 2. The highest BCUT2D eigenvalue weighted by molar-refractivity contribution is 9.13. The molecule has 8 heteroatoms. The number of aliphatic imine (C=N–C) groups is 1. The van der Waals surface area contributed by atoms with E-state index in [1.807, 2.05) is 54.6 Å². The van der Waals surface area contributed by atoms with Crippen LogP contribution in [0.15, 0.2) is 67.4 Å². The fourth-order valence-corrected chi connectivity index (χ4v) is 4.48. The lowest BCUT2D eigenvalue weighted by atomic mass is 10.2. The summed E-state index contributed by atoms with van der Waals surface area (Å²) in [6.07, 6.45) is 1.81. The number of anilines is 1. The van der Waals surface area contributed by atoms with Crippen molar-refractivity contribution in [2.75, 3.05) is 11.1 Å². The third kappa shape index (κ3) is 5.33. The van der Waals surface area contributed by atoms with Crippen LogP contribution in [0.25, 0.3) is 6.08 Å². The van der Waals surface area contributed by atoms with Gasteiger partial charge >= 0.3 is 0 Å². The molecule has 0 spiro atoms. The molecule has 0 atom stereocenters. The SMILES string of the molecule is O=C(CSC1=NC(=O)C(=Cc2ccccc2)S1)Nc1ccc(Br)c(Br)c1. The minimum atomic E-state index is -0.265. The molecule has 2 amide bonds. The zero-order valence-corrected chi connectivity index (χ0v) is 18.0. The molecule has 1 aliphatic rings. The maximum absolute atomic E-state index is 12.1. The predicted molar refractivity (Wildman–Crippen MR) is 117 cm³/mol. The number of carbonyl (C=O) groups excluding carboxylic acids is 2. The Bertz CT molecular complexity index is 915. The van der Waals surface area contributed by atoms with Crippen LogP contribution in [0.2, 0.25) is 0 Å². The number of amides is 2. The van der Waals surface area contributed by atoms with Crippen LogP contribution in [-0.2, 0) is 9.59 Å². The molecule has 2 aromatic carbocycles. The van der Waals surface area contributed by atoms with Crippen LogP contribution in [0, 0.1) is 0 Å². The summed E-state index contributed by atoms with van der Waals surface area (Å²) in [6.45, 7) is 0. The lowest BCUT2D eigenvalue weighted by Crippen LogP contribution is -2.14. The van der Waals surface area contributed by atoms with E-state index in [0.717, 1.165) is 14.5 Å². The van der Waals surface area contributed by atoms with Crippen LogP contribution in [-0.4, -0.2) is 21.9 Å². The molecule has 0 fully saturated rings. The fraction of sp³-hybridized carbons (Fsp3) is 0.0556. The van der Waals surface area contributed by atoms with Crippen molar-refractivity contribution in [1.82, 2.24) is 0 Å². The summed E-state index contributed by atoms with van der Waals surface area (Å²) in [4.78, 5) is 28.7. The van der Waals surface area contributed by atoms with Gasteiger partial charge in [-0.1, -0.05) is 53.9 Å². The highest BCUT2D eigenvalue weighted by Crippen LogP contribution is 2.33. The van der Waals surface area contributed by atoms with E-state index in [1.54, 1.807) is 0 Å². The number of hydrogen-bond acceptors (Lipinski definition) is 4. The largest absolute Gasteiger partial charge is 0.325 e. The van der Waals surface area contributed by atoms with Gasteiger partial charge in [-0.15, -0.1) is 0 Å². The van der Waals surface area contributed by atoms with Crippen LogP contribution < -0.4 is 5.32 Å². The molecule has 1 heterocycles. The highest BCUT2D eigenvalue weighted by atomic mass is 79.9. The molecule has 0 aliphatic carbocycles. The molecule has 0 bridgehead atoms. The lowest BCUT2D eigenvalue weighted by Gasteiger charge is -2.06. The molecule has 1 aliphatic heterocycles. The Hall–Kier alpha value is -1.35. The number of nitrogens with zero attached hydrogens (tertiary/aromatic N) is 1. The Balaban J connectivity index is 1.54. The summed E-state index contributed by atoms with van der Waals surface area (Å²) in [5, 5.41) is 2.82. The van der Waals surface area contributed by atoms with Gasteiger partial charge in [0.15, 0.2) is 0 Å². The molecule has 1 N–H and O–H groups in total. The molecule has 3 rings (SSSR count). The quantitative estimate of drug-likeness (QED) is 0.546. The van der Waals surface area contributed by atoms with Gasteiger partial charge in [0.05, 0.1) is 10.7 Å². The molecule has 4 nitrogen and oxygen atoms in total. The van der Waals surface area contributed by atoms with Crippen LogP contribution in [0.3, 0.4) is 0 Å². The van der Waals surface area contributed by atoms with E-state index in [2.05, 4.69) is 42.2 Å². The number of carbonyl (C=O) groups is 2. The number of rotatable bonds is 4. The third-order valence-electron chi connectivity index (χ3n) is 3.23. The van der Waals surface area contributed by atoms with Gasteiger partial charge in [-0.3, -0.25) is 9.59 Å². The van der Waals surface area contributed by atoms with Crippen LogP contribution >= 0.6 is 55.4 Å². The molecule has 0 unspecified atom stereocenters. The first kappa shape index (κ1) is 19.4. The summed E-state index contributed by atoms with van der Waals surface area (Å²) in [5.74, 6) is -0.232. The van der Waals surface area contributed by atoms with E-state index in [4.69, 9.17) is 0 Å². The first-order valence-corrected chi connectivity index (χ1v) is 10.9. The maximum atomic E-state index is 12.1. The Morgan fingerprint density at radius 2 is 1.92 bits per heavy atom. The Morgan fingerprint density at radius 3 is 2.65 bits per heavy atom. The van der Waals surface area contributed by atoms with Gasteiger partial charge in [-0.25, -0.2) is 0 Å². The van der Waals surface area contributed by atoms with Crippen molar-refractivity contribution in [1.29, 1.82) is 0 Å². The van der Waals surface area contributed by atoms with E-state index in [-0.39, 0.29) is 17.6 Å². The molecule has 0 aromatic heterocycles. The van der Waals surface area contributed by atoms with Gasteiger partial charge in [0, 0.05) is 14.6 Å². The normalized spacial score (nSPS) is 15.2. The second-order valence-electron chi connectivity index (χ2n) is 5.17. The number of halogens is 2. The van der Waals surface area contributed by atoms with Crippen molar-refractivity contribution >= 4 is 83.3 Å². The average molecular weight is 512 g/mol. The summed E-state index contributed by atoms with van der Waals surface area (Å²) in [5.41, 5.74) is 1.65. The Labute approximate surface area is 176 Å². The van der Waals surface area contributed by atoms with Gasteiger partial charge in [0.1, 0.15) is 4.38 Å². The standard InChI is InChI=1S/C18H12Br2N2O2S2/c19-13-7-6-12(9-14(13)20)21-16(23)10-25-18-22-17(24)15(26-18)8-11-4-2-1-3-5-11/h1-9H,10H2,(H,21,23). The zero-order chi connectivity index (χ0) is 18.5. The molecule has 0 radical (unpaired) electrons. The van der Waals surface area contributed by atoms with Crippen LogP contribution in [0.1, 0.15) is 5.56 Å². The molecule has 26 heavy (non-hydrogen) atoms. The van der Waals surface area contributed by atoms with Gasteiger partial charge in [0.25, 0.3) is 5.91 Å². The topological polar surface area (TPSA) is 58.5 Å². The van der Waals surface area contributed by atoms with Gasteiger partial charge in [0.2, 0.25) is 5.91 Å². The predicted octanol–water partition coefficient (Wildman–Crippen LogP) is 5.55. The summed E-state index contributed by atoms with van der Waals surface area (Å²) in [6, 6.07) is 15.1.